The fourth-order valence-electron chi connectivity index (χ4n) is 1.11. The van der Waals surface area contributed by atoms with E-state index in [-0.39, 0.29) is 0 Å². The first-order valence-corrected chi connectivity index (χ1v) is 5.58. The molecule has 0 bridgehead atoms. The number of rotatable bonds is 6. The van der Waals surface area contributed by atoms with Gasteiger partial charge in [-0.25, -0.2) is 0 Å². The molecule has 0 saturated heterocycles. The number of thioether (sulfide) groups is 1. The zero-order valence-electron chi connectivity index (χ0n) is 7.66. The highest BCUT2D eigenvalue weighted by Gasteiger charge is 2.02. The molecule has 1 rings (SSSR count). The highest BCUT2D eigenvalue weighted by Crippen LogP contribution is 2.15. The lowest BCUT2D eigenvalue weighted by Crippen LogP contribution is -2.14. The molecule has 0 aromatic rings. The number of nitrogens with zero attached hydrogens (tertiary/aromatic N) is 1. The Morgan fingerprint density at radius 2 is 2.42 bits per heavy atom. The van der Waals surface area contributed by atoms with Crippen molar-refractivity contribution in [2.75, 3.05) is 25.6 Å². The molecule has 12 heavy (non-hydrogen) atoms. The molecule has 0 amide bonds. The lowest BCUT2D eigenvalue weighted by Gasteiger charge is -2.13. The van der Waals surface area contributed by atoms with Crippen LogP contribution in [-0.4, -0.2) is 30.5 Å². The second kappa shape index (κ2) is 6.38. The largest absolute Gasteiger partial charge is 0.382 e. The van der Waals surface area contributed by atoms with Gasteiger partial charge in [-0.3, -0.25) is 0 Å². The van der Waals surface area contributed by atoms with Gasteiger partial charge in [-0.1, -0.05) is 0 Å². The van der Waals surface area contributed by atoms with Crippen molar-refractivity contribution in [2.45, 2.75) is 19.8 Å². The van der Waals surface area contributed by atoms with E-state index in [1.807, 2.05) is 18.7 Å². The van der Waals surface area contributed by atoms with Gasteiger partial charge >= 0.3 is 0 Å². The Bertz CT molecular complexity index is 138. The summed E-state index contributed by atoms with van der Waals surface area (Å²) in [4.78, 5) is 2.34. The third-order valence-corrected chi connectivity index (χ3v) is 2.59. The van der Waals surface area contributed by atoms with E-state index < -0.39 is 0 Å². The minimum absolute atomic E-state index is 0.847. The van der Waals surface area contributed by atoms with E-state index >= 15 is 0 Å². The molecule has 0 radical (unpaired) electrons. The Kier molecular flexibility index (Phi) is 5.28. The van der Waals surface area contributed by atoms with Crippen molar-refractivity contribution >= 4 is 11.8 Å². The van der Waals surface area contributed by atoms with Crippen molar-refractivity contribution < 1.29 is 4.74 Å². The van der Waals surface area contributed by atoms with Crippen molar-refractivity contribution in [3.05, 3.63) is 11.6 Å². The molecule has 1 heterocycles. The zero-order chi connectivity index (χ0) is 8.65. The molecule has 1 aliphatic rings. The Labute approximate surface area is 79.0 Å². The molecule has 0 atom stereocenters. The SMILES string of the molecule is CCOCCCCN1C=CSC1. The maximum absolute atomic E-state index is 5.26. The second-order valence-electron chi connectivity index (χ2n) is 2.80. The summed E-state index contributed by atoms with van der Waals surface area (Å²) in [6.45, 7) is 4.98. The van der Waals surface area contributed by atoms with Crippen LogP contribution in [0.3, 0.4) is 0 Å². The summed E-state index contributed by atoms with van der Waals surface area (Å²) in [6, 6.07) is 0. The van der Waals surface area contributed by atoms with Crippen LogP contribution in [0.5, 0.6) is 0 Å². The first kappa shape index (κ1) is 9.93. The summed E-state index contributed by atoms with van der Waals surface area (Å²) < 4.78 is 5.26. The van der Waals surface area contributed by atoms with E-state index in [1.165, 1.54) is 19.4 Å². The Hall–Kier alpha value is -0.150. The standard InChI is InChI=1S/C9H17NOS/c1-2-11-7-4-3-5-10-6-8-12-9-10/h6,8H,2-5,7,9H2,1H3. The topological polar surface area (TPSA) is 12.5 Å². The summed E-state index contributed by atoms with van der Waals surface area (Å²) in [7, 11) is 0. The van der Waals surface area contributed by atoms with Crippen LogP contribution in [0.4, 0.5) is 0 Å². The van der Waals surface area contributed by atoms with Gasteiger partial charge in [-0.2, -0.15) is 0 Å². The lowest BCUT2D eigenvalue weighted by atomic mass is 10.3. The lowest BCUT2D eigenvalue weighted by molar-refractivity contribution is 0.142. The van der Waals surface area contributed by atoms with E-state index in [9.17, 15) is 0 Å². The van der Waals surface area contributed by atoms with Crippen LogP contribution < -0.4 is 0 Å². The maximum Gasteiger partial charge on any atom is 0.0675 e. The Morgan fingerprint density at radius 1 is 1.50 bits per heavy atom. The first-order valence-electron chi connectivity index (χ1n) is 4.53. The smallest absolute Gasteiger partial charge is 0.0675 e. The van der Waals surface area contributed by atoms with Gasteiger partial charge in [0.05, 0.1) is 5.88 Å². The van der Waals surface area contributed by atoms with Crippen molar-refractivity contribution in [2.24, 2.45) is 0 Å². The summed E-state index contributed by atoms with van der Waals surface area (Å²) in [5, 5.41) is 2.16. The molecule has 0 aromatic carbocycles. The van der Waals surface area contributed by atoms with Crippen LogP contribution in [0, 0.1) is 0 Å². The van der Waals surface area contributed by atoms with Gasteiger partial charge < -0.3 is 9.64 Å². The third-order valence-electron chi connectivity index (χ3n) is 1.80. The normalized spacial score (nSPS) is 15.9. The average molecular weight is 187 g/mol. The molecule has 0 N–H and O–H groups in total. The molecule has 3 heteroatoms. The van der Waals surface area contributed by atoms with Gasteiger partial charge in [0.1, 0.15) is 0 Å². The Balaban J connectivity index is 1.85. The summed E-state index contributed by atoms with van der Waals surface area (Å²) >= 11 is 1.86. The van der Waals surface area contributed by atoms with Crippen molar-refractivity contribution in [3.8, 4) is 0 Å². The molecule has 0 unspecified atom stereocenters. The van der Waals surface area contributed by atoms with Crippen LogP contribution in [0.2, 0.25) is 0 Å². The third kappa shape index (κ3) is 4.02. The van der Waals surface area contributed by atoms with Gasteiger partial charge in [0.15, 0.2) is 0 Å². The quantitative estimate of drug-likeness (QED) is 0.592. The fraction of sp³-hybridized carbons (Fsp3) is 0.778. The summed E-state index contributed by atoms with van der Waals surface area (Å²) in [5.74, 6) is 1.13. The highest BCUT2D eigenvalue weighted by molar-refractivity contribution is 8.02. The molecule has 0 aliphatic carbocycles. The van der Waals surface area contributed by atoms with E-state index in [0.717, 1.165) is 19.1 Å². The van der Waals surface area contributed by atoms with Crippen molar-refractivity contribution in [1.82, 2.24) is 4.90 Å². The van der Waals surface area contributed by atoms with Gasteiger partial charge in [-0.05, 0) is 25.2 Å². The van der Waals surface area contributed by atoms with Gasteiger partial charge in [-0.15, -0.1) is 11.8 Å². The molecule has 2 nitrogen and oxygen atoms in total. The van der Waals surface area contributed by atoms with Crippen LogP contribution in [0.25, 0.3) is 0 Å². The van der Waals surface area contributed by atoms with Crippen LogP contribution in [-0.2, 0) is 4.74 Å². The minimum atomic E-state index is 0.847. The van der Waals surface area contributed by atoms with Gasteiger partial charge in [0.25, 0.3) is 0 Å². The average Bonchev–Trinajstić information content (AvgIpc) is 2.57. The van der Waals surface area contributed by atoms with E-state index in [2.05, 4.69) is 16.5 Å². The molecule has 0 fully saturated rings. The minimum Gasteiger partial charge on any atom is -0.382 e. The van der Waals surface area contributed by atoms with E-state index in [1.54, 1.807) is 0 Å². The summed E-state index contributed by atoms with van der Waals surface area (Å²) in [6.07, 6.45) is 4.60. The van der Waals surface area contributed by atoms with Crippen molar-refractivity contribution in [1.29, 1.82) is 0 Å². The van der Waals surface area contributed by atoms with E-state index in [4.69, 9.17) is 4.74 Å². The van der Waals surface area contributed by atoms with Crippen LogP contribution >= 0.6 is 11.8 Å². The molecular weight excluding hydrogens is 170 g/mol. The van der Waals surface area contributed by atoms with E-state index in [0.29, 0.717) is 0 Å². The summed E-state index contributed by atoms with van der Waals surface area (Å²) in [5.41, 5.74) is 0. The maximum atomic E-state index is 5.26. The predicted molar refractivity (Wildman–Crippen MR) is 54.0 cm³/mol. The monoisotopic (exact) mass is 187 g/mol. The van der Waals surface area contributed by atoms with Gasteiger partial charge in [0, 0.05) is 26.0 Å². The molecule has 0 spiro atoms. The van der Waals surface area contributed by atoms with Crippen LogP contribution in [0.15, 0.2) is 11.6 Å². The zero-order valence-corrected chi connectivity index (χ0v) is 8.48. The molecule has 1 aliphatic heterocycles. The van der Waals surface area contributed by atoms with Gasteiger partial charge in [0.2, 0.25) is 0 Å². The fourth-order valence-corrected chi connectivity index (χ4v) is 1.86. The second-order valence-corrected chi connectivity index (χ2v) is 3.66. The molecular formula is C9H17NOS. The Morgan fingerprint density at radius 3 is 3.08 bits per heavy atom. The highest BCUT2D eigenvalue weighted by atomic mass is 32.2. The molecule has 70 valence electrons. The predicted octanol–water partition coefficient (Wildman–Crippen LogP) is 2.28. The molecule has 0 saturated carbocycles. The number of unbranched alkanes of at least 4 members (excludes halogenated alkanes) is 1. The van der Waals surface area contributed by atoms with Crippen molar-refractivity contribution in [3.63, 3.8) is 0 Å². The van der Waals surface area contributed by atoms with Crippen LogP contribution in [0.1, 0.15) is 19.8 Å². The number of ether oxygens (including phenoxy) is 1. The first-order chi connectivity index (χ1) is 5.93. The number of hydrogen-bond acceptors (Lipinski definition) is 3. The number of hydrogen-bond donors (Lipinski definition) is 0. The molecule has 0 aromatic heterocycles.